The van der Waals surface area contributed by atoms with Gasteiger partial charge in [0.25, 0.3) is 5.91 Å². The van der Waals surface area contributed by atoms with E-state index < -0.39 is 6.04 Å². The van der Waals surface area contributed by atoms with Crippen molar-refractivity contribution in [3.05, 3.63) is 107 Å². The van der Waals surface area contributed by atoms with Gasteiger partial charge in [0, 0.05) is 18.5 Å². The Labute approximate surface area is 178 Å². The maximum absolute atomic E-state index is 12.9. The predicted molar refractivity (Wildman–Crippen MR) is 120 cm³/mol. The molecular formula is C26H28N2O2. The molecule has 0 saturated carbocycles. The van der Waals surface area contributed by atoms with Crippen LogP contribution in [0.5, 0.6) is 0 Å². The third kappa shape index (κ3) is 6.31. The van der Waals surface area contributed by atoms with Gasteiger partial charge in [-0.1, -0.05) is 79.7 Å². The monoisotopic (exact) mass is 400 g/mol. The lowest BCUT2D eigenvalue weighted by Crippen LogP contribution is -2.48. The molecule has 3 aromatic rings. The van der Waals surface area contributed by atoms with Crippen LogP contribution >= 0.6 is 0 Å². The molecule has 0 fully saturated rings. The molecule has 1 atom stereocenters. The average Bonchev–Trinajstić information content (AvgIpc) is 2.80. The molecule has 0 bridgehead atoms. The van der Waals surface area contributed by atoms with Crippen molar-refractivity contribution in [3.63, 3.8) is 0 Å². The Balaban J connectivity index is 1.65. The van der Waals surface area contributed by atoms with Gasteiger partial charge in [-0.3, -0.25) is 9.59 Å². The maximum Gasteiger partial charge on any atom is 0.251 e. The zero-order chi connectivity index (χ0) is 21.2. The van der Waals surface area contributed by atoms with Crippen LogP contribution in [0.2, 0.25) is 0 Å². The van der Waals surface area contributed by atoms with Crippen LogP contribution in [0.25, 0.3) is 0 Å². The highest BCUT2D eigenvalue weighted by molar-refractivity contribution is 5.97. The molecule has 4 heteroatoms. The number of benzene rings is 3. The van der Waals surface area contributed by atoms with Gasteiger partial charge in [0.2, 0.25) is 5.91 Å². The first-order valence-electron chi connectivity index (χ1n) is 10.4. The molecule has 0 aromatic heterocycles. The summed E-state index contributed by atoms with van der Waals surface area (Å²) < 4.78 is 0. The van der Waals surface area contributed by atoms with Crippen LogP contribution in [0, 0.1) is 0 Å². The molecule has 0 unspecified atom stereocenters. The minimum absolute atomic E-state index is 0.173. The van der Waals surface area contributed by atoms with E-state index in [9.17, 15) is 9.59 Å². The number of rotatable bonds is 9. The summed E-state index contributed by atoms with van der Waals surface area (Å²) in [5, 5.41) is 5.89. The van der Waals surface area contributed by atoms with Crippen LogP contribution < -0.4 is 10.6 Å². The SMILES string of the molecule is CCc1ccc(C(=O)N[C@@H](Cc2ccccc2)C(=O)NCCc2ccccc2)cc1. The molecule has 0 heterocycles. The number of carbonyl (C=O) groups excluding carboxylic acids is 2. The van der Waals surface area contributed by atoms with E-state index in [1.54, 1.807) is 12.1 Å². The van der Waals surface area contributed by atoms with Gasteiger partial charge >= 0.3 is 0 Å². The molecule has 2 N–H and O–H groups in total. The van der Waals surface area contributed by atoms with Gasteiger partial charge in [-0.05, 0) is 41.7 Å². The highest BCUT2D eigenvalue weighted by Crippen LogP contribution is 2.08. The van der Waals surface area contributed by atoms with Gasteiger partial charge in [0.15, 0.2) is 0 Å². The van der Waals surface area contributed by atoms with Crippen LogP contribution in [0.1, 0.15) is 34.0 Å². The molecular weight excluding hydrogens is 372 g/mol. The van der Waals surface area contributed by atoms with Crippen molar-refractivity contribution in [2.45, 2.75) is 32.2 Å². The molecule has 154 valence electrons. The lowest BCUT2D eigenvalue weighted by atomic mass is 10.0. The minimum atomic E-state index is -0.637. The molecule has 0 spiro atoms. The first-order valence-corrected chi connectivity index (χ1v) is 10.4. The quantitative estimate of drug-likeness (QED) is 0.571. The summed E-state index contributed by atoms with van der Waals surface area (Å²) in [5.41, 5.74) is 3.90. The zero-order valence-corrected chi connectivity index (χ0v) is 17.3. The summed E-state index contributed by atoms with van der Waals surface area (Å²) >= 11 is 0. The Morgan fingerprint density at radius 1 is 0.767 bits per heavy atom. The Bertz CT molecular complexity index is 938. The van der Waals surface area contributed by atoms with Crippen molar-refractivity contribution in [1.29, 1.82) is 0 Å². The molecule has 0 aliphatic rings. The summed E-state index contributed by atoms with van der Waals surface area (Å²) in [4.78, 5) is 25.6. The van der Waals surface area contributed by atoms with Crippen molar-refractivity contribution in [1.82, 2.24) is 10.6 Å². The molecule has 4 nitrogen and oxygen atoms in total. The van der Waals surface area contributed by atoms with Gasteiger partial charge < -0.3 is 10.6 Å². The zero-order valence-electron chi connectivity index (χ0n) is 17.3. The van der Waals surface area contributed by atoms with Crippen LogP contribution in [0.3, 0.4) is 0 Å². The van der Waals surface area contributed by atoms with Crippen LogP contribution in [0.4, 0.5) is 0 Å². The molecule has 0 aliphatic carbocycles. The van der Waals surface area contributed by atoms with Crippen LogP contribution in [-0.2, 0) is 24.1 Å². The van der Waals surface area contributed by atoms with E-state index in [1.165, 1.54) is 5.56 Å². The summed E-state index contributed by atoms with van der Waals surface area (Å²) in [6.07, 6.45) is 2.11. The number of hydrogen-bond acceptors (Lipinski definition) is 2. The van der Waals surface area contributed by atoms with Crippen molar-refractivity contribution in [2.24, 2.45) is 0 Å². The Hall–Kier alpha value is -3.40. The Morgan fingerprint density at radius 2 is 1.37 bits per heavy atom. The molecule has 2 amide bonds. The second-order valence-corrected chi connectivity index (χ2v) is 7.29. The fraction of sp³-hybridized carbons (Fsp3) is 0.231. The lowest BCUT2D eigenvalue weighted by Gasteiger charge is -2.19. The highest BCUT2D eigenvalue weighted by atomic mass is 16.2. The van der Waals surface area contributed by atoms with Crippen LogP contribution in [-0.4, -0.2) is 24.4 Å². The van der Waals surface area contributed by atoms with E-state index in [0.29, 0.717) is 18.5 Å². The van der Waals surface area contributed by atoms with Crippen LogP contribution in [0.15, 0.2) is 84.9 Å². The summed E-state index contributed by atoms with van der Waals surface area (Å²) in [6.45, 7) is 2.60. The molecule has 30 heavy (non-hydrogen) atoms. The van der Waals surface area contributed by atoms with E-state index >= 15 is 0 Å². The Kier molecular flexibility index (Phi) is 7.78. The fourth-order valence-corrected chi connectivity index (χ4v) is 3.29. The van der Waals surface area contributed by atoms with Gasteiger partial charge in [-0.25, -0.2) is 0 Å². The number of hydrogen-bond donors (Lipinski definition) is 2. The largest absolute Gasteiger partial charge is 0.354 e. The van der Waals surface area contributed by atoms with E-state index in [-0.39, 0.29) is 11.8 Å². The van der Waals surface area contributed by atoms with E-state index in [0.717, 1.165) is 24.0 Å². The summed E-state index contributed by atoms with van der Waals surface area (Å²) in [6, 6.07) is 26.6. The summed E-state index contributed by atoms with van der Waals surface area (Å²) in [7, 11) is 0. The van der Waals surface area contributed by atoms with Gasteiger partial charge in [0.05, 0.1) is 0 Å². The number of carbonyl (C=O) groups is 2. The first kappa shape index (κ1) is 21.3. The average molecular weight is 401 g/mol. The van der Waals surface area contributed by atoms with Crippen molar-refractivity contribution >= 4 is 11.8 Å². The minimum Gasteiger partial charge on any atom is -0.354 e. The molecule has 0 saturated heterocycles. The van der Waals surface area contributed by atoms with Gasteiger partial charge in [0.1, 0.15) is 6.04 Å². The normalized spacial score (nSPS) is 11.5. The van der Waals surface area contributed by atoms with E-state index in [4.69, 9.17) is 0 Å². The topological polar surface area (TPSA) is 58.2 Å². The maximum atomic E-state index is 12.9. The standard InChI is InChI=1S/C26H28N2O2/c1-2-20-13-15-23(16-14-20)25(29)28-24(19-22-11-7-4-8-12-22)26(30)27-18-17-21-9-5-3-6-10-21/h3-16,24H,2,17-19H2,1H3,(H,27,30)(H,28,29)/t24-/m0/s1. The number of aryl methyl sites for hydroxylation is 1. The Morgan fingerprint density at radius 3 is 1.97 bits per heavy atom. The molecule has 3 aromatic carbocycles. The first-order chi connectivity index (χ1) is 14.7. The summed E-state index contributed by atoms with van der Waals surface area (Å²) in [5.74, 6) is -0.412. The molecule has 3 rings (SSSR count). The van der Waals surface area contributed by atoms with Crippen molar-refractivity contribution < 1.29 is 9.59 Å². The van der Waals surface area contributed by atoms with E-state index in [2.05, 4.69) is 17.6 Å². The molecule has 0 aliphatic heterocycles. The number of amides is 2. The second-order valence-electron chi connectivity index (χ2n) is 7.29. The highest BCUT2D eigenvalue weighted by Gasteiger charge is 2.21. The van der Waals surface area contributed by atoms with Gasteiger partial charge in [-0.15, -0.1) is 0 Å². The third-order valence-electron chi connectivity index (χ3n) is 5.08. The van der Waals surface area contributed by atoms with Crippen molar-refractivity contribution in [3.8, 4) is 0 Å². The predicted octanol–water partition coefficient (Wildman–Crippen LogP) is 3.95. The van der Waals surface area contributed by atoms with Gasteiger partial charge in [-0.2, -0.15) is 0 Å². The fourth-order valence-electron chi connectivity index (χ4n) is 3.29. The van der Waals surface area contributed by atoms with Crippen molar-refractivity contribution in [2.75, 3.05) is 6.54 Å². The molecule has 0 radical (unpaired) electrons. The number of nitrogens with one attached hydrogen (secondary N) is 2. The lowest BCUT2D eigenvalue weighted by molar-refractivity contribution is -0.122. The smallest absolute Gasteiger partial charge is 0.251 e. The second kappa shape index (κ2) is 11.0. The third-order valence-corrected chi connectivity index (χ3v) is 5.08. The van der Waals surface area contributed by atoms with E-state index in [1.807, 2.05) is 72.8 Å².